The number of esters is 2. The van der Waals surface area contributed by atoms with Crippen molar-refractivity contribution in [3.05, 3.63) is 134 Å². The summed E-state index contributed by atoms with van der Waals surface area (Å²) < 4.78 is 34.5. The molecular weight excluding hydrogens is 1250 g/mol. The lowest BCUT2D eigenvalue weighted by molar-refractivity contribution is -0.870. The van der Waals surface area contributed by atoms with Crippen molar-refractivity contribution < 1.29 is 42.1 Å². The first-order valence-electron chi connectivity index (χ1n) is 41.9. The predicted octanol–water partition coefficient (Wildman–Crippen LogP) is 27.7. The molecule has 0 rings (SSSR count). The van der Waals surface area contributed by atoms with Gasteiger partial charge in [0.25, 0.3) is 7.82 Å². The number of rotatable bonds is 77. The maximum absolute atomic E-state index is 12.9. The topological polar surface area (TPSA) is 111 Å². The number of allylic oxidation sites excluding steroid dienone is 22. The smallest absolute Gasteiger partial charge is 0.306 e. The van der Waals surface area contributed by atoms with E-state index in [1.807, 2.05) is 21.1 Å². The van der Waals surface area contributed by atoms with Crippen LogP contribution in [0.5, 0.6) is 0 Å². The summed E-state index contributed by atoms with van der Waals surface area (Å²) in [5.41, 5.74) is 0. The Morgan fingerprint density at radius 3 is 0.800 bits per heavy atom. The number of phosphoric ester groups is 1. The van der Waals surface area contributed by atoms with Gasteiger partial charge in [0.05, 0.1) is 27.7 Å². The summed E-state index contributed by atoms with van der Waals surface area (Å²) in [7, 11) is 1.18. The number of hydrogen-bond acceptors (Lipinski definition) is 8. The minimum Gasteiger partial charge on any atom is -0.756 e. The van der Waals surface area contributed by atoms with Gasteiger partial charge in [-0.25, -0.2) is 0 Å². The number of phosphoric acid groups is 1. The Kier molecular flexibility index (Phi) is 76.2. The molecule has 0 aliphatic heterocycles. The number of nitrogens with zero attached hydrogens (tertiary/aromatic N) is 1. The van der Waals surface area contributed by atoms with Gasteiger partial charge in [-0.3, -0.25) is 14.2 Å². The van der Waals surface area contributed by atoms with Crippen LogP contribution < -0.4 is 4.89 Å². The Labute approximate surface area is 619 Å². The Hall–Kier alpha value is -3.85. The van der Waals surface area contributed by atoms with Crippen molar-refractivity contribution in [3.8, 4) is 0 Å². The van der Waals surface area contributed by atoms with Crippen LogP contribution in [0.2, 0.25) is 0 Å². The number of ether oxygens (including phenoxy) is 2. The van der Waals surface area contributed by atoms with Crippen LogP contribution in [0.3, 0.4) is 0 Å². The fourth-order valence-corrected chi connectivity index (χ4v) is 12.6. The summed E-state index contributed by atoms with van der Waals surface area (Å²) in [6.07, 6.45) is 116. The van der Waals surface area contributed by atoms with Gasteiger partial charge in [0.2, 0.25) is 0 Å². The van der Waals surface area contributed by atoms with Gasteiger partial charge in [-0.2, -0.15) is 0 Å². The first-order chi connectivity index (χ1) is 49.0. The molecule has 0 saturated carbocycles. The molecule has 0 spiro atoms. The maximum Gasteiger partial charge on any atom is 0.306 e. The van der Waals surface area contributed by atoms with E-state index in [0.29, 0.717) is 17.4 Å². The zero-order chi connectivity index (χ0) is 72.5. The standard InChI is InChI=1S/C90H158NO8P/c1-6-8-10-12-14-16-18-20-22-24-26-28-30-32-34-36-38-40-42-43-44-45-46-47-49-51-53-55-57-59-61-63-65-67-69-71-73-75-77-79-81-83-90(93)99-88(87-98-100(94,95)97-85-84-91(3,4)5)86-96-89(92)82-80-78-76-74-72-70-68-66-64-62-60-58-56-54-52-50-48-41-39-37-35-33-31-29-27-25-23-21-19-17-15-13-11-9-7-2/h8-11,14-17,20-23,26-29,32-35,38,40,88H,6-7,12-13,18-19,24-25,30-31,36-37,39,41-87H2,1-5H3/b10-8-,11-9-,16-14-,17-15-,22-20-,23-21-,28-26-,29-27-,34-32-,35-33-,40-38-. The van der Waals surface area contributed by atoms with E-state index in [1.165, 1.54) is 231 Å². The van der Waals surface area contributed by atoms with Gasteiger partial charge in [-0.05, 0) is 109 Å². The Morgan fingerprint density at radius 2 is 0.540 bits per heavy atom. The SMILES string of the molecule is CC/C=C\C/C=C\C/C=C\C/C=C\C/C=C\C/C=C\CCCCCCCCCCCCCCCCCCCCCCCCC(=O)OC(COC(=O)CCCCCCCCCCCCCCCCCCCCC/C=C\C/C=C\C/C=C\C/C=C\C/C=C\CC)COP(=O)([O-])OCC[N+](C)(C)C. The van der Waals surface area contributed by atoms with Crippen LogP contribution >= 0.6 is 7.82 Å². The van der Waals surface area contributed by atoms with Crippen molar-refractivity contribution >= 4 is 19.8 Å². The Bertz CT molecular complexity index is 2160. The average molecular weight is 1410 g/mol. The van der Waals surface area contributed by atoms with Gasteiger partial charge in [-0.1, -0.05) is 385 Å². The van der Waals surface area contributed by atoms with E-state index in [0.717, 1.165) is 109 Å². The third kappa shape index (κ3) is 83.1. The summed E-state index contributed by atoms with van der Waals surface area (Å²) >= 11 is 0. The highest BCUT2D eigenvalue weighted by molar-refractivity contribution is 7.45. The van der Waals surface area contributed by atoms with Crippen LogP contribution in [0.4, 0.5) is 0 Å². The van der Waals surface area contributed by atoms with E-state index in [1.54, 1.807) is 0 Å². The van der Waals surface area contributed by atoms with E-state index < -0.39 is 26.5 Å². The van der Waals surface area contributed by atoms with Crippen molar-refractivity contribution in [2.45, 2.75) is 380 Å². The quantitative estimate of drug-likeness (QED) is 0.0195. The Balaban J connectivity index is 3.92. The van der Waals surface area contributed by atoms with E-state index in [4.69, 9.17) is 18.5 Å². The van der Waals surface area contributed by atoms with Gasteiger partial charge in [-0.15, -0.1) is 0 Å². The molecule has 0 aromatic rings. The molecule has 0 saturated heterocycles. The van der Waals surface area contributed by atoms with Crippen LogP contribution in [-0.2, 0) is 32.7 Å². The number of unbranched alkanes of at least 4 members (excludes halogenated alkanes) is 41. The van der Waals surface area contributed by atoms with Crippen LogP contribution in [0.1, 0.15) is 373 Å². The first-order valence-corrected chi connectivity index (χ1v) is 43.4. The van der Waals surface area contributed by atoms with Gasteiger partial charge >= 0.3 is 11.9 Å². The van der Waals surface area contributed by atoms with E-state index in [9.17, 15) is 19.0 Å². The highest BCUT2D eigenvalue weighted by atomic mass is 31.2. The summed E-state index contributed by atoms with van der Waals surface area (Å²) in [5.74, 6) is -0.818. The lowest BCUT2D eigenvalue weighted by atomic mass is 10.0. The third-order valence-corrected chi connectivity index (χ3v) is 19.1. The van der Waals surface area contributed by atoms with Crippen molar-refractivity contribution in [1.82, 2.24) is 0 Å². The van der Waals surface area contributed by atoms with Crippen molar-refractivity contribution in [2.75, 3.05) is 47.5 Å². The molecule has 0 fully saturated rings. The lowest BCUT2D eigenvalue weighted by Crippen LogP contribution is -2.37. The molecule has 2 unspecified atom stereocenters. The fourth-order valence-electron chi connectivity index (χ4n) is 11.9. The molecule has 2 atom stereocenters. The van der Waals surface area contributed by atoms with E-state index in [-0.39, 0.29) is 32.0 Å². The summed E-state index contributed by atoms with van der Waals surface area (Å²) in [4.78, 5) is 38.2. The second-order valence-corrected chi connectivity index (χ2v) is 30.5. The molecule has 10 heteroatoms. The summed E-state index contributed by atoms with van der Waals surface area (Å²) in [6.45, 7) is 4.06. The second-order valence-electron chi connectivity index (χ2n) is 29.1. The van der Waals surface area contributed by atoms with Gasteiger partial charge in [0.1, 0.15) is 19.8 Å². The van der Waals surface area contributed by atoms with Gasteiger partial charge in [0.15, 0.2) is 6.10 Å². The average Bonchev–Trinajstić information content (AvgIpc) is 1.30. The molecular formula is C90H158NO8P. The zero-order valence-corrected chi connectivity index (χ0v) is 66.8. The fraction of sp³-hybridized carbons (Fsp3) is 0.733. The van der Waals surface area contributed by atoms with Crippen molar-refractivity contribution in [1.29, 1.82) is 0 Å². The minimum atomic E-state index is -4.65. The summed E-state index contributed by atoms with van der Waals surface area (Å²) in [6, 6.07) is 0. The molecule has 0 aromatic carbocycles. The number of likely N-dealkylation sites (N-methyl/N-ethyl adjacent to an activating group) is 1. The molecule has 0 heterocycles. The molecule has 576 valence electrons. The largest absolute Gasteiger partial charge is 0.756 e. The van der Waals surface area contributed by atoms with Crippen LogP contribution in [0.15, 0.2) is 134 Å². The Morgan fingerprint density at radius 1 is 0.310 bits per heavy atom. The van der Waals surface area contributed by atoms with E-state index >= 15 is 0 Å². The molecule has 0 aliphatic rings. The molecule has 0 aromatic heterocycles. The van der Waals surface area contributed by atoms with Crippen LogP contribution in [0, 0.1) is 0 Å². The molecule has 100 heavy (non-hydrogen) atoms. The van der Waals surface area contributed by atoms with Crippen molar-refractivity contribution in [3.63, 3.8) is 0 Å². The predicted molar refractivity (Wildman–Crippen MR) is 434 cm³/mol. The molecule has 0 aliphatic carbocycles. The van der Waals surface area contributed by atoms with Gasteiger partial charge in [0, 0.05) is 12.8 Å². The molecule has 0 bridgehead atoms. The zero-order valence-electron chi connectivity index (χ0n) is 65.9. The normalized spacial score (nSPS) is 13.7. The van der Waals surface area contributed by atoms with Crippen LogP contribution in [-0.4, -0.2) is 70.0 Å². The van der Waals surface area contributed by atoms with Crippen molar-refractivity contribution in [2.24, 2.45) is 0 Å². The monoisotopic (exact) mass is 1410 g/mol. The molecule has 0 radical (unpaired) electrons. The van der Waals surface area contributed by atoms with E-state index in [2.05, 4.69) is 148 Å². The highest BCUT2D eigenvalue weighted by Gasteiger charge is 2.22. The number of carbonyl (C=O) groups excluding carboxylic acids is 2. The first kappa shape index (κ1) is 96.2. The maximum atomic E-state index is 12.9. The second kappa shape index (κ2) is 79.3. The third-order valence-electron chi connectivity index (χ3n) is 18.2. The van der Waals surface area contributed by atoms with Gasteiger partial charge < -0.3 is 27.9 Å². The molecule has 9 nitrogen and oxygen atoms in total. The lowest BCUT2D eigenvalue weighted by Gasteiger charge is -2.28. The minimum absolute atomic E-state index is 0.0320. The van der Waals surface area contributed by atoms with Crippen LogP contribution in [0.25, 0.3) is 0 Å². The highest BCUT2D eigenvalue weighted by Crippen LogP contribution is 2.38. The molecule has 0 amide bonds. The number of hydrogen-bond donors (Lipinski definition) is 0. The molecule has 0 N–H and O–H groups in total. The number of quaternary nitrogens is 1. The number of carbonyl (C=O) groups is 2. The summed E-state index contributed by atoms with van der Waals surface area (Å²) in [5, 5.41) is 0.